The predicted molar refractivity (Wildman–Crippen MR) is 88.8 cm³/mol. The highest BCUT2D eigenvalue weighted by Gasteiger charge is 2.31. The van der Waals surface area contributed by atoms with Crippen molar-refractivity contribution in [1.29, 1.82) is 0 Å². The Morgan fingerprint density at radius 2 is 1.83 bits per heavy atom. The molecule has 0 saturated carbocycles. The van der Waals surface area contributed by atoms with E-state index in [1.54, 1.807) is 4.90 Å². The van der Waals surface area contributed by atoms with E-state index in [4.69, 9.17) is 5.11 Å². The monoisotopic (exact) mass is 317 g/mol. The second kappa shape index (κ2) is 6.89. The van der Waals surface area contributed by atoms with Gasteiger partial charge in [0.05, 0.1) is 17.3 Å². The summed E-state index contributed by atoms with van der Waals surface area (Å²) in [5.41, 5.74) is 1.85. The molecule has 2 fully saturated rings. The molecule has 2 amide bonds. The third-order valence-corrected chi connectivity index (χ3v) is 4.67. The maximum Gasteiger partial charge on any atom is 0.321 e. The molecule has 0 spiro atoms. The average molecular weight is 317 g/mol. The van der Waals surface area contributed by atoms with E-state index in [1.165, 1.54) is 19.3 Å². The second-order valence-corrected chi connectivity index (χ2v) is 6.26. The van der Waals surface area contributed by atoms with Gasteiger partial charge in [-0.15, -0.1) is 0 Å². The molecule has 1 atom stereocenters. The number of hydrogen-bond acceptors (Lipinski definition) is 3. The number of likely N-dealkylation sites (tertiary alicyclic amines) is 1. The van der Waals surface area contributed by atoms with Gasteiger partial charge in [-0.3, -0.25) is 4.79 Å². The number of hydrogen-bond donors (Lipinski definition) is 2. The van der Waals surface area contributed by atoms with E-state index < -0.39 is 11.9 Å². The van der Waals surface area contributed by atoms with E-state index in [-0.39, 0.29) is 12.6 Å². The fourth-order valence-corrected chi connectivity index (χ4v) is 3.33. The standard InChI is InChI=1S/C17H23N3O3/c21-16(22)13-8-11-20(12-13)17(23)18-14-6-2-3-7-15(14)19-9-4-1-5-10-19/h2-3,6-7,13H,1,4-5,8-12H2,(H,18,23)(H,21,22). The molecule has 0 bridgehead atoms. The van der Waals surface area contributed by atoms with Gasteiger partial charge in [0.1, 0.15) is 0 Å². The van der Waals surface area contributed by atoms with Crippen molar-refractivity contribution >= 4 is 23.4 Å². The van der Waals surface area contributed by atoms with E-state index in [2.05, 4.69) is 10.2 Å². The number of nitrogens with one attached hydrogen (secondary N) is 1. The first-order chi connectivity index (χ1) is 11.1. The molecule has 2 aliphatic heterocycles. The molecule has 1 aromatic rings. The summed E-state index contributed by atoms with van der Waals surface area (Å²) in [6.07, 6.45) is 4.13. The molecular formula is C17H23N3O3. The Kier molecular flexibility index (Phi) is 4.69. The maximum atomic E-state index is 12.4. The molecule has 1 unspecified atom stereocenters. The lowest BCUT2D eigenvalue weighted by Gasteiger charge is -2.31. The van der Waals surface area contributed by atoms with Crippen LogP contribution in [0.2, 0.25) is 0 Å². The molecule has 2 aliphatic rings. The fourth-order valence-electron chi connectivity index (χ4n) is 3.33. The number of carboxylic acid groups (broad SMARTS) is 1. The molecule has 6 nitrogen and oxygen atoms in total. The number of urea groups is 1. The van der Waals surface area contributed by atoms with Crippen LogP contribution in [-0.4, -0.2) is 48.2 Å². The normalized spacial score (nSPS) is 21.3. The second-order valence-electron chi connectivity index (χ2n) is 6.26. The van der Waals surface area contributed by atoms with Gasteiger partial charge in [0.25, 0.3) is 0 Å². The summed E-state index contributed by atoms with van der Waals surface area (Å²) in [5, 5.41) is 12.0. The first kappa shape index (κ1) is 15.6. The summed E-state index contributed by atoms with van der Waals surface area (Å²) in [4.78, 5) is 27.3. The molecule has 23 heavy (non-hydrogen) atoms. The third kappa shape index (κ3) is 3.57. The van der Waals surface area contributed by atoms with Gasteiger partial charge in [-0.1, -0.05) is 12.1 Å². The molecule has 6 heteroatoms. The Morgan fingerprint density at radius 3 is 2.52 bits per heavy atom. The SMILES string of the molecule is O=C(O)C1CCN(C(=O)Nc2ccccc2N2CCCCC2)C1. The number of amides is 2. The highest BCUT2D eigenvalue weighted by Crippen LogP contribution is 2.29. The van der Waals surface area contributed by atoms with E-state index in [0.29, 0.717) is 13.0 Å². The minimum absolute atomic E-state index is 0.210. The number of aliphatic carboxylic acids is 1. The van der Waals surface area contributed by atoms with Crippen LogP contribution < -0.4 is 10.2 Å². The van der Waals surface area contributed by atoms with Crippen molar-refractivity contribution in [1.82, 2.24) is 4.90 Å². The average Bonchev–Trinajstić information content (AvgIpc) is 3.07. The first-order valence-corrected chi connectivity index (χ1v) is 8.28. The number of rotatable bonds is 3. The van der Waals surface area contributed by atoms with Crippen molar-refractivity contribution in [2.45, 2.75) is 25.7 Å². The predicted octanol–water partition coefficient (Wildman–Crippen LogP) is 2.62. The van der Waals surface area contributed by atoms with Crippen LogP contribution in [0.15, 0.2) is 24.3 Å². The number of nitrogens with zero attached hydrogens (tertiary/aromatic N) is 2. The molecule has 124 valence electrons. The molecular weight excluding hydrogens is 294 g/mol. The van der Waals surface area contributed by atoms with Crippen molar-refractivity contribution in [2.75, 3.05) is 36.4 Å². The largest absolute Gasteiger partial charge is 0.481 e. The van der Waals surface area contributed by atoms with Gasteiger partial charge in [-0.25, -0.2) is 4.79 Å². The number of piperidine rings is 1. The number of anilines is 2. The first-order valence-electron chi connectivity index (χ1n) is 8.28. The van der Waals surface area contributed by atoms with Crippen molar-refractivity contribution in [2.24, 2.45) is 5.92 Å². The van der Waals surface area contributed by atoms with E-state index in [9.17, 15) is 9.59 Å². The maximum absolute atomic E-state index is 12.4. The van der Waals surface area contributed by atoms with Gasteiger partial charge in [-0.05, 0) is 37.8 Å². The molecule has 2 saturated heterocycles. The van der Waals surface area contributed by atoms with Gasteiger partial charge >= 0.3 is 12.0 Å². The van der Waals surface area contributed by atoms with Gasteiger partial charge in [0.15, 0.2) is 0 Å². The summed E-state index contributed by atoms with van der Waals surface area (Å²) in [5.74, 6) is -1.27. The van der Waals surface area contributed by atoms with Gasteiger partial charge in [0, 0.05) is 26.2 Å². The van der Waals surface area contributed by atoms with Crippen molar-refractivity contribution in [3.8, 4) is 0 Å². The number of carbonyl (C=O) groups excluding carboxylic acids is 1. The van der Waals surface area contributed by atoms with Gasteiger partial charge in [-0.2, -0.15) is 0 Å². The van der Waals surface area contributed by atoms with Crippen LogP contribution >= 0.6 is 0 Å². The summed E-state index contributed by atoms with van der Waals surface area (Å²) in [6, 6.07) is 7.62. The lowest BCUT2D eigenvalue weighted by molar-refractivity contribution is -0.141. The molecule has 2 heterocycles. The van der Waals surface area contributed by atoms with Crippen LogP contribution in [0, 0.1) is 5.92 Å². The molecule has 0 aliphatic carbocycles. The lowest BCUT2D eigenvalue weighted by atomic mass is 10.1. The summed E-state index contributed by atoms with van der Waals surface area (Å²) < 4.78 is 0. The smallest absolute Gasteiger partial charge is 0.321 e. The van der Waals surface area contributed by atoms with Crippen LogP contribution in [0.3, 0.4) is 0 Å². The van der Waals surface area contributed by atoms with Crippen LogP contribution in [0.1, 0.15) is 25.7 Å². The molecule has 0 aromatic heterocycles. The Balaban J connectivity index is 1.68. The van der Waals surface area contributed by atoms with Crippen LogP contribution in [0.5, 0.6) is 0 Å². The summed E-state index contributed by atoms with van der Waals surface area (Å²) >= 11 is 0. The lowest BCUT2D eigenvalue weighted by Crippen LogP contribution is -2.35. The van der Waals surface area contributed by atoms with Crippen molar-refractivity contribution < 1.29 is 14.7 Å². The van der Waals surface area contributed by atoms with Crippen molar-refractivity contribution in [3.05, 3.63) is 24.3 Å². The van der Waals surface area contributed by atoms with Gasteiger partial charge < -0.3 is 20.2 Å². The van der Waals surface area contributed by atoms with Crippen molar-refractivity contribution in [3.63, 3.8) is 0 Å². The molecule has 3 rings (SSSR count). The highest BCUT2D eigenvalue weighted by atomic mass is 16.4. The highest BCUT2D eigenvalue weighted by molar-refractivity contribution is 5.93. The summed E-state index contributed by atoms with van der Waals surface area (Å²) in [7, 11) is 0. The number of carbonyl (C=O) groups is 2. The zero-order valence-electron chi connectivity index (χ0n) is 13.2. The Morgan fingerprint density at radius 1 is 1.09 bits per heavy atom. The zero-order chi connectivity index (χ0) is 16.2. The third-order valence-electron chi connectivity index (χ3n) is 4.67. The van der Waals surface area contributed by atoms with Crippen LogP contribution in [0.4, 0.5) is 16.2 Å². The van der Waals surface area contributed by atoms with Crippen LogP contribution in [0.25, 0.3) is 0 Å². The number of benzene rings is 1. The Hall–Kier alpha value is -2.24. The van der Waals surface area contributed by atoms with E-state index in [0.717, 1.165) is 24.5 Å². The number of carboxylic acids is 1. The van der Waals surface area contributed by atoms with E-state index in [1.807, 2.05) is 24.3 Å². The topological polar surface area (TPSA) is 72.9 Å². The minimum atomic E-state index is -0.825. The minimum Gasteiger partial charge on any atom is -0.481 e. The molecule has 2 N–H and O–H groups in total. The summed E-state index contributed by atoms with van der Waals surface area (Å²) in [6.45, 7) is 2.80. The van der Waals surface area contributed by atoms with E-state index >= 15 is 0 Å². The van der Waals surface area contributed by atoms with Gasteiger partial charge in [0.2, 0.25) is 0 Å². The zero-order valence-corrected chi connectivity index (χ0v) is 13.2. The fraction of sp³-hybridized carbons (Fsp3) is 0.529. The quantitative estimate of drug-likeness (QED) is 0.899. The van der Waals surface area contributed by atoms with Crippen LogP contribution in [-0.2, 0) is 4.79 Å². The number of para-hydroxylation sites is 2. The Bertz CT molecular complexity index is 584. The molecule has 1 aromatic carbocycles. The Labute approximate surface area is 136 Å². The molecule has 0 radical (unpaired) electrons.